The lowest BCUT2D eigenvalue weighted by Gasteiger charge is -2.07. The van der Waals surface area contributed by atoms with Crippen LogP contribution in [0.5, 0.6) is 5.75 Å². The smallest absolute Gasteiger partial charge is 0.387 e. The van der Waals surface area contributed by atoms with Crippen LogP contribution in [-0.2, 0) is 13.6 Å². The fourth-order valence-corrected chi connectivity index (χ4v) is 1.80. The van der Waals surface area contributed by atoms with E-state index in [1.807, 2.05) is 6.20 Å². The van der Waals surface area contributed by atoms with Crippen LogP contribution in [0.1, 0.15) is 11.3 Å². The summed E-state index contributed by atoms with van der Waals surface area (Å²) in [4.78, 5) is 0. The summed E-state index contributed by atoms with van der Waals surface area (Å²) in [5.74, 6) is 0.122. The molecule has 6 heteroatoms. The number of hydrogen-bond acceptors (Lipinski definition) is 3. The summed E-state index contributed by atoms with van der Waals surface area (Å²) in [6.07, 6.45) is 1.86. The topological polar surface area (TPSA) is 50.0 Å². The molecule has 0 unspecified atom stereocenters. The van der Waals surface area contributed by atoms with Crippen LogP contribution in [0.3, 0.4) is 0 Å². The van der Waals surface area contributed by atoms with Crippen LogP contribution in [0.25, 0.3) is 0 Å². The van der Waals surface area contributed by atoms with Gasteiger partial charge in [0.15, 0.2) is 0 Å². The number of aryl methyl sites for hydroxylation is 1. The summed E-state index contributed by atoms with van der Waals surface area (Å²) in [7, 11) is 1.80. The lowest BCUT2D eigenvalue weighted by atomic mass is 10.2. The predicted molar refractivity (Wildman–Crippen MR) is 70.5 cm³/mol. The molecule has 0 aliphatic rings. The van der Waals surface area contributed by atoms with E-state index < -0.39 is 6.61 Å². The van der Waals surface area contributed by atoms with Gasteiger partial charge < -0.3 is 14.6 Å². The number of rotatable bonds is 5. The first-order valence-corrected chi connectivity index (χ1v) is 5.92. The number of nitriles is 1. The van der Waals surface area contributed by atoms with Crippen molar-refractivity contribution in [3.05, 3.63) is 47.8 Å². The number of halogens is 2. The van der Waals surface area contributed by atoms with Crippen molar-refractivity contribution in [2.24, 2.45) is 7.05 Å². The molecule has 1 heterocycles. The highest BCUT2D eigenvalue weighted by molar-refractivity contribution is 5.47. The van der Waals surface area contributed by atoms with Crippen molar-refractivity contribution in [3.63, 3.8) is 0 Å². The Kier molecular flexibility index (Phi) is 4.20. The van der Waals surface area contributed by atoms with Crippen molar-refractivity contribution in [1.29, 1.82) is 5.26 Å². The van der Waals surface area contributed by atoms with Gasteiger partial charge in [0.1, 0.15) is 17.5 Å². The average Bonchev–Trinajstić information content (AvgIpc) is 2.78. The fraction of sp³-hybridized carbons (Fsp3) is 0.214. The van der Waals surface area contributed by atoms with Crippen LogP contribution in [0.15, 0.2) is 36.5 Å². The summed E-state index contributed by atoms with van der Waals surface area (Å²) >= 11 is 0. The molecule has 104 valence electrons. The lowest BCUT2D eigenvalue weighted by Crippen LogP contribution is -2.02. The van der Waals surface area contributed by atoms with E-state index in [1.54, 1.807) is 29.8 Å². The average molecular weight is 277 g/mol. The lowest BCUT2D eigenvalue weighted by molar-refractivity contribution is -0.0498. The van der Waals surface area contributed by atoms with Crippen LogP contribution in [0.2, 0.25) is 0 Å². The van der Waals surface area contributed by atoms with Crippen molar-refractivity contribution in [1.82, 2.24) is 4.57 Å². The number of aromatic nitrogens is 1. The molecular formula is C14H13F2N3O. The number of hydrogen-bond donors (Lipinski definition) is 1. The Labute approximate surface area is 115 Å². The molecule has 0 aliphatic carbocycles. The predicted octanol–water partition coefficient (Wildman–Crippen LogP) is 3.11. The summed E-state index contributed by atoms with van der Waals surface area (Å²) < 4.78 is 30.0. The molecule has 0 bridgehead atoms. The Hall–Kier alpha value is -2.55. The molecular weight excluding hydrogens is 264 g/mol. The van der Waals surface area contributed by atoms with E-state index in [9.17, 15) is 8.78 Å². The minimum atomic E-state index is -2.82. The maximum Gasteiger partial charge on any atom is 0.387 e. The number of benzene rings is 1. The van der Waals surface area contributed by atoms with Gasteiger partial charge in [-0.1, -0.05) is 0 Å². The molecule has 0 saturated heterocycles. The first kappa shape index (κ1) is 13.9. The molecule has 0 amide bonds. The maximum atomic E-state index is 12.0. The fourth-order valence-electron chi connectivity index (χ4n) is 1.80. The van der Waals surface area contributed by atoms with Crippen LogP contribution < -0.4 is 10.1 Å². The number of anilines is 1. The van der Waals surface area contributed by atoms with E-state index in [4.69, 9.17) is 5.26 Å². The molecule has 1 aromatic carbocycles. The second kappa shape index (κ2) is 6.06. The number of nitrogens with one attached hydrogen (secondary N) is 1. The molecule has 20 heavy (non-hydrogen) atoms. The van der Waals surface area contributed by atoms with Gasteiger partial charge in [-0.15, -0.1) is 0 Å². The van der Waals surface area contributed by atoms with Gasteiger partial charge in [-0.2, -0.15) is 14.0 Å². The molecule has 0 fully saturated rings. The first-order chi connectivity index (χ1) is 9.58. The highest BCUT2D eigenvalue weighted by Gasteiger charge is 2.04. The zero-order valence-corrected chi connectivity index (χ0v) is 10.8. The second-order valence-corrected chi connectivity index (χ2v) is 4.21. The van der Waals surface area contributed by atoms with Crippen LogP contribution in [-0.4, -0.2) is 11.2 Å². The van der Waals surface area contributed by atoms with Gasteiger partial charge in [-0.05, 0) is 35.9 Å². The Morgan fingerprint density at radius 2 is 2.05 bits per heavy atom. The summed E-state index contributed by atoms with van der Waals surface area (Å²) in [5.41, 5.74) is 2.34. The zero-order valence-electron chi connectivity index (χ0n) is 10.8. The normalized spacial score (nSPS) is 10.3. The molecule has 0 saturated carbocycles. The minimum Gasteiger partial charge on any atom is -0.435 e. The third-order valence-corrected chi connectivity index (χ3v) is 2.75. The Morgan fingerprint density at radius 1 is 1.35 bits per heavy atom. The van der Waals surface area contributed by atoms with Crippen LogP contribution in [0.4, 0.5) is 14.5 Å². The second-order valence-electron chi connectivity index (χ2n) is 4.21. The molecule has 1 aromatic heterocycles. The van der Waals surface area contributed by atoms with E-state index in [2.05, 4.69) is 16.1 Å². The van der Waals surface area contributed by atoms with Crippen LogP contribution >= 0.6 is 0 Å². The van der Waals surface area contributed by atoms with Gasteiger partial charge >= 0.3 is 6.61 Å². The van der Waals surface area contributed by atoms with E-state index in [0.29, 0.717) is 12.2 Å². The quantitative estimate of drug-likeness (QED) is 0.913. The van der Waals surface area contributed by atoms with E-state index in [1.165, 1.54) is 12.1 Å². The zero-order chi connectivity index (χ0) is 14.5. The van der Waals surface area contributed by atoms with Crippen molar-refractivity contribution in [2.45, 2.75) is 13.2 Å². The summed E-state index contributed by atoms with van der Waals surface area (Å²) in [5, 5.41) is 12.0. The molecule has 0 radical (unpaired) electrons. The number of alkyl halides is 2. The Bertz CT molecular complexity index is 614. The largest absolute Gasteiger partial charge is 0.435 e. The Balaban J connectivity index is 1.95. The SMILES string of the molecule is Cn1cc(CNc2ccc(OC(F)F)cc2)cc1C#N. The van der Waals surface area contributed by atoms with Crippen molar-refractivity contribution >= 4 is 5.69 Å². The van der Waals surface area contributed by atoms with E-state index in [0.717, 1.165) is 11.3 Å². The standard InChI is InChI=1S/C14H13F2N3O/c1-19-9-10(6-12(19)7-17)8-18-11-2-4-13(5-3-11)20-14(15)16/h2-6,9,14,18H,8H2,1H3. The highest BCUT2D eigenvalue weighted by Crippen LogP contribution is 2.18. The van der Waals surface area contributed by atoms with Crippen molar-refractivity contribution < 1.29 is 13.5 Å². The van der Waals surface area contributed by atoms with E-state index >= 15 is 0 Å². The van der Waals surface area contributed by atoms with Gasteiger partial charge in [0.05, 0.1) is 0 Å². The first-order valence-electron chi connectivity index (χ1n) is 5.92. The Morgan fingerprint density at radius 3 is 2.60 bits per heavy atom. The number of ether oxygens (including phenoxy) is 1. The van der Waals surface area contributed by atoms with Gasteiger partial charge in [-0.3, -0.25) is 0 Å². The molecule has 4 nitrogen and oxygen atoms in total. The van der Waals surface area contributed by atoms with E-state index in [-0.39, 0.29) is 5.75 Å². The molecule has 0 spiro atoms. The van der Waals surface area contributed by atoms with Gasteiger partial charge in [0, 0.05) is 25.5 Å². The molecule has 0 aliphatic heterocycles. The third-order valence-electron chi connectivity index (χ3n) is 2.75. The summed E-state index contributed by atoms with van der Waals surface area (Å²) in [6, 6.07) is 10.1. The monoisotopic (exact) mass is 277 g/mol. The third kappa shape index (κ3) is 3.48. The van der Waals surface area contributed by atoms with Crippen LogP contribution in [0, 0.1) is 11.3 Å². The summed E-state index contributed by atoms with van der Waals surface area (Å²) in [6.45, 7) is -2.27. The molecule has 1 N–H and O–H groups in total. The van der Waals surface area contributed by atoms with Gasteiger partial charge in [-0.25, -0.2) is 0 Å². The van der Waals surface area contributed by atoms with Crippen molar-refractivity contribution in [3.8, 4) is 11.8 Å². The van der Waals surface area contributed by atoms with Crippen molar-refractivity contribution in [2.75, 3.05) is 5.32 Å². The molecule has 2 aromatic rings. The van der Waals surface area contributed by atoms with Gasteiger partial charge in [0.25, 0.3) is 0 Å². The van der Waals surface area contributed by atoms with Gasteiger partial charge in [0.2, 0.25) is 0 Å². The molecule has 0 atom stereocenters. The maximum absolute atomic E-state index is 12.0. The molecule has 2 rings (SSSR count). The minimum absolute atomic E-state index is 0.122. The number of nitrogens with zero attached hydrogens (tertiary/aromatic N) is 2. The highest BCUT2D eigenvalue weighted by atomic mass is 19.3.